The van der Waals surface area contributed by atoms with Gasteiger partial charge in [0, 0.05) is 25.0 Å². The summed E-state index contributed by atoms with van der Waals surface area (Å²) in [6, 6.07) is -3.32. The van der Waals surface area contributed by atoms with Gasteiger partial charge in [-0.1, -0.05) is 6.42 Å². The summed E-state index contributed by atoms with van der Waals surface area (Å²) in [5, 5.41) is 27.0. The van der Waals surface area contributed by atoms with E-state index in [-0.39, 0.29) is 26.0 Å². The zero-order valence-corrected chi connectivity index (χ0v) is 18.9. The molecule has 2 rings (SSSR count). The molecule has 2 aliphatic rings. The molecule has 0 saturated carbocycles. The molecule has 0 aromatic rings. The molecule has 0 aliphatic carbocycles. The van der Waals surface area contributed by atoms with E-state index in [0.717, 1.165) is 4.90 Å². The Morgan fingerprint density at radius 3 is 2.48 bits per heavy atom. The van der Waals surface area contributed by atoms with Crippen molar-refractivity contribution in [2.45, 2.75) is 56.1 Å². The Morgan fingerprint density at radius 1 is 1.21 bits per heavy atom. The number of amides is 3. The van der Waals surface area contributed by atoms with Crippen LogP contribution in [0, 0.1) is 5.92 Å². The van der Waals surface area contributed by atoms with Gasteiger partial charge in [0.25, 0.3) is 5.91 Å². The van der Waals surface area contributed by atoms with E-state index < -0.39 is 65.0 Å². The Kier molecular flexibility index (Phi) is 9.46. The number of fused-ring (bicyclic) bond motifs is 1. The third-order valence-electron chi connectivity index (χ3n) is 5.36. The summed E-state index contributed by atoms with van der Waals surface area (Å²) in [7, 11) is 0. The number of nitrogens with one attached hydrogen (secondary N) is 2. The first-order valence-electron chi connectivity index (χ1n) is 10.4. The van der Waals surface area contributed by atoms with E-state index in [2.05, 4.69) is 16.4 Å². The molecule has 0 radical (unpaired) electrons. The summed E-state index contributed by atoms with van der Waals surface area (Å²) < 4.78 is 4.89. The van der Waals surface area contributed by atoms with E-state index in [1.54, 1.807) is 0 Å². The number of quaternary nitrogens is 1. The summed E-state index contributed by atoms with van der Waals surface area (Å²) >= 11 is 1.28. The molecule has 3 amide bonds. The predicted octanol–water partition coefficient (Wildman–Crippen LogP) is -5.28. The third-order valence-corrected chi connectivity index (χ3v) is 6.82. The van der Waals surface area contributed by atoms with Crippen molar-refractivity contribution in [1.82, 2.24) is 15.5 Å². The van der Waals surface area contributed by atoms with Crippen molar-refractivity contribution in [2.75, 3.05) is 18.9 Å². The standard InChI is InChI=1S/C19H28N4O9S/c1-9(24)32-7-10-8-33-17-14(16(27)23(17)15(10)19(30)31)22-12(25)5-3-2-4-11(18(28)29)21-13(26)6-20/h10-11,14-15,17H,2-8,20H2,1H3,(H,21,26)(H,22,25)(H,28,29)(H,30,31)/p-1. The van der Waals surface area contributed by atoms with Crippen LogP contribution in [0.5, 0.6) is 0 Å². The average molecular weight is 488 g/mol. The highest BCUT2D eigenvalue weighted by molar-refractivity contribution is 8.00. The number of rotatable bonds is 12. The summed E-state index contributed by atoms with van der Waals surface area (Å²) in [5.74, 6) is -5.28. The maximum absolute atomic E-state index is 12.5. The van der Waals surface area contributed by atoms with E-state index in [1.165, 1.54) is 18.7 Å². The molecule has 5 N–H and O–H groups in total. The summed E-state index contributed by atoms with van der Waals surface area (Å²) in [5.41, 5.74) is 3.36. The second-order valence-electron chi connectivity index (χ2n) is 7.78. The van der Waals surface area contributed by atoms with Crippen LogP contribution in [-0.4, -0.2) is 82.9 Å². The number of carbonyl (C=O) groups is 6. The number of carbonyl (C=O) groups excluding carboxylic acids is 6. The SMILES string of the molecule is CC(=O)OCC1CSC2C(NC(=O)CCCCC(NC(=O)C[NH3+])C(=O)[O-])C(=O)N2C1C(=O)[O-]. The van der Waals surface area contributed by atoms with Crippen LogP contribution in [0.4, 0.5) is 0 Å². The maximum Gasteiger partial charge on any atom is 0.302 e. The minimum absolute atomic E-state index is 0.0171. The van der Waals surface area contributed by atoms with Gasteiger partial charge >= 0.3 is 5.97 Å². The maximum atomic E-state index is 12.5. The topological polar surface area (TPSA) is 213 Å². The Labute approximate surface area is 193 Å². The molecular formula is C19H27N4O9S-. The highest BCUT2D eigenvalue weighted by Gasteiger charge is 2.56. The van der Waals surface area contributed by atoms with E-state index in [0.29, 0.717) is 18.6 Å². The molecule has 33 heavy (non-hydrogen) atoms. The van der Waals surface area contributed by atoms with E-state index in [9.17, 15) is 39.0 Å². The van der Waals surface area contributed by atoms with Crippen LogP contribution in [0.15, 0.2) is 0 Å². The number of thioether (sulfide) groups is 1. The lowest BCUT2D eigenvalue weighted by Crippen LogP contribution is -2.77. The summed E-state index contributed by atoms with van der Waals surface area (Å²) in [6.07, 6.45) is 0.720. The number of hydrogen-bond donors (Lipinski definition) is 3. The number of carboxylic acids is 2. The van der Waals surface area contributed by atoms with Gasteiger partial charge in [-0.15, -0.1) is 11.8 Å². The van der Waals surface area contributed by atoms with Gasteiger partial charge in [-0.2, -0.15) is 0 Å². The predicted molar refractivity (Wildman–Crippen MR) is 107 cm³/mol. The Balaban J connectivity index is 1.82. The molecule has 0 aromatic heterocycles. The average Bonchev–Trinajstić information content (AvgIpc) is 2.76. The normalized spacial score (nSPS) is 24.7. The number of carboxylic acid groups (broad SMARTS) is 2. The van der Waals surface area contributed by atoms with Crippen LogP contribution in [-0.2, 0) is 33.5 Å². The van der Waals surface area contributed by atoms with Gasteiger partial charge in [0.2, 0.25) is 11.8 Å². The molecule has 14 heteroatoms. The molecular weight excluding hydrogens is 460 g/mol. The Hall–Kier alpha value is -2.87. The molecule has 184 valence electrons. The molecule has 2 fully saturated rings. The van der Waals surface area contributed by atoms with Gasteiger partial charge in [0.05, 0.1) is 30.6 Å². The van der Waals surface area contributed by atoms with Gasteiger partial charge in [-0.3, -0.25) is 19.2 Å². The zero-order valence-electron chi connectivity index (χ0n) is 18.1. The van der Waals surface area contributed by atoms with E-state index in [4.69, 9.17) is 4.74 Å². The number of aliphatic carboxylic acids is 2. The van der Waals surface area contributed by atoms with Crippen LogP contribution < -0.4 is 26.6 Å². The molecule has 0 spiro atoms. The van der Waals surface area contributed by atoms with Crippen molar-refractivity contribution in [3.63, 3.8) is 0 Å². The highest BCUT2D eigenvalue weighted by Crippen LogP contribution is 2.40. The number of hydrogen-bond acceptors (Lipinski definition) is 10. The molecule has 2 saturated heterocycles. The lowest BCUT2D eigenvalue weighted by Gasteiger charge is -2.55. The fraction of sp³-hybridized carbons (Fsp3) is 0.684. The lowest BCUT2D eigenvalue weighted by molar-refractivity contribution is -0.355. The first kappa shape index (κ1) is 26.4. The van der Waals surface area contributed by atoms with Crippen LogP contribution in [0.3, 0.4) is 0 Å². The van der Waals surface area contributed by atoms with E-state index >= 15 is 0 Å². The largest absolute Gasteiger partial charge is 0.548 e. The smallest absolute Gasteiger partial charge is 0.302 e. The van der Waals surface area contributed by atoms with E-state index in [1.807, 2.05) is 0 Å². The summed E-state index contributed by atoms with van der Waals surface area (Å²) in [4.78, 5) is 70.9. The minimum Gasteiger partial charge on any atom is -0.548 e. The number of esters is 1. The Bertz CT molecular complexity index is 808. The number of unbranched alkanes of at least 4 members (excludes halogenated alkanes) is 1. The van der Waals surface area contributed by atoms with Crippen LogP contribution in [0.2, 0.25) is 0 Å². The van der Waals surface area contributed by atoms with Gasteiger partial charge in [-0.05, 0) is 12.8 Å². The first-order valence-corrected chi connectivity index (χ1v) is 11.5. The van der Waals surface area contributed by atoms with Crippen molar-refractivity contribution in [3.8, 4) is 0 Å². The quantitative estimate of drug-likeness (QED) is 0.135. The molecule has 2 heterocycles. The first-order chi connectivity index (χ1) is 15.6. The zero-order chi connectivity index (χ0) is 24.7. The number of β-lactam (4-membered cyclic amide) rings is 1. The van der Waals surface area contributed by atoms with Crippen LogP contribution in [0.25, 0.3) is 0 Å². The number of ether oxygens (including phenoxy) is 1. The lowest BCUT2D eigenvalue weighted by atomic mass is 9.94. The van der Waals surface area contributed by atoms with Crippen LogP contribution >= 0.6 is 11.8 Å². The van der Waals surface area contributed by atoms with Gasteiger partial charge in [0.15, 0.2) is 6.54 Å². The third kappa shape index (κ3) is 6.81. The molecule has 13 nitrogen and oxygen atoms in total. The molecule has 2 aliphatic heterocycles. The fourth-order valence-corrected chi connectivity index (χ4v) is 5.19. The fourth-order valence-electron chi connectivity index (χ4n) is 3.70. The van der Waals surface area contributed by atoms with Crippen LogP contribution in [0.1, 0.15) is 32.6 Å². The molecule has 0 aromatic carbocycles. The second-order valence-corrected chi connectivity index (χ2v) is 8.93. The van der Waals surface area contributed by atoms with Crippen molar-refractivity contribution in [2.24, 2.45) is 5.92 Å². The van der Waals surface area contributed by atoms with Crippen molar-refractivity contribution in [3.05, 3.63) is 0 Å². The molecule has 5 atom stereocenters. The molecule has 5 unspecified atom stereocenters. The highest BCUT2D eigenvalue weighted by atomic mass is 32.2. The van der Waals surface area contributed by atoms with Crippen molar-refractivity contribution >= 4 is 47.4 Å². The molecule has 0 bridgehead atoms. The van der Waals surface area contributed by atoms with Gasteiger partial charge in [0.1, 0.15) is 11.4 Å². The summed E-state index contributed by atoms with van der Waals surface area (Å²) in [6.45, 7) is 0.933. The Morgan fingerprint density at radius 2 is 1.91 bits per heavy atom. The minimum atomic E-state index is -1.45. The van der Waals surface area contributed by atoms with Crippen molar-refractivity contribution < 1.29 is 49.5 Å². The number of nitrogens with zero attached hydrogens (tertiary/aromatic N) is 1. The van der Waals surface area contributed by atoms with Crippen molar-refractivity contribution in [1.29, 1.82) is 0 Å². The van der Waals surface area contributed by atoms with Gasteiger partial charge in [-0.25, -0.2) is 0 Å². The monoisotopic (exact) mass is 487 g/mol. The second kappa shape index (κ2) is 11.8. The van der Waals surface area contributed by atoms with Gasteiger partial charge < -0.3 is 45.8 Å².